The first kappa shape index (κ1) is 12.6. The minimum atomic E-state index is 0.442. The van der Waals surface area contributed by atoms with Gasteiger partial charge in [-0.25, -0.2) is 15.0 Å². The lowest BCUT2D eigenvalue weighted by Crippen LogP contribution is -2.11. The van der Waals surface area contributed by atoms with Crippen LogP contribution in [0.3, 0.4) is 0 Å². The highest BCUT2D eigenvalue weighted by atomic mass is 16.5. The van der Waals surface area contributed by atoms with Crippen LogP contribution in [0.25, 0.3) is 21.9 Å². The molecule has 102 valence electrons. The van der Waals surface area contributed by atoms with Crippen LogP contribution in [-0.2, 0) is 6.54 Å². The quantitative estimate of drug-likeness (QED) is 0.701. The number of hydrogen-bond acceptors (Lipinski definition) is 6. The van der Waals surface area contributed by atoms with Crippen LogP contribution >= 0.6 is 0 Å². The lowest BCUT2D eigenvalue weighted by molar-refractivity contribution is 0.415. The lowest BCUT2D eigenvalue weighted by atomic mass is 10.1. The van der Waals surface area contributed by atoms with Crippen LogP contribution in [0.4, 0.5) is 5.82 Å². The van der Waals surface area contributed by atoms with Gasteiger partial charge in [0.1, 0.15) is 17.4 Å². The monoisotopic (exact) mass is 269 g/mol. The number of methoxy groups -OCH3 is 1. The van der Waals surface area contributed by atoms with Crippen LogP contribution in [-0.4, -0.2) is 29.1 Å². The van der Waals surface area contributed by atoms with Gasteiger partial charge in [-0.3, -0.25) is 0 Å². The second kappa shape index (κ2) is 4.90. The first-order valence-electron chi connectivity index (χ1n) is 6.27. The summed E-state index contributed by atoms with van der Waals surface area (Å²) in [5.74, 6) is 1.86. The van der Waals surface area contributed by atoms with E-state index in [2.05, 4.69) is 20.3 Å². The SMILES string of the molecule is CNCc1nc(N)c2cc3cc(OC)ccc3nc2n1. The van der Waals surface area contributed by atoms with Gasteiger partial charge in [0, 0.05) is 5.39 Å². The lowest BCUT2D eigenvalue weighted by Gasteiger charge is -2.07. The normalized spacial score (nSPS) is 11.1. The summed E-state index contributed by atoms with van der Waals surface area (Å²) in [6, 6.07) is 7.64. The van der Waals surface area contributed by atoms with Crippen molar-refractivity contribution in [2.45, 2.75) is 6.54 Å². The van der Waals surface area contributed by atoms with E-state index in [-0.39, 0.29) is 0 Å². The molecule has 0 aliphatic heterocycles. The number of nitrogens with one attached hydrogen (secondary N) is 1. The van der Waals surface area contributed by atoms with Crippen LogP contribution in [0.1, 0.15) is 5.82 Å². The zero-order valence-electron chi connectivity index (χ0n) is 11.3. The molecule has 0 unspecified atom stereocenters. The van der Waals surface area contributed by atoms with Crippen molar-refractivity contribution >= 4 is 27.8 Å². The second-order valence-corrected chi connectivity index (χ2v) is 4.47. The van der Waals surface area contributed by atoms with Gasteiger partial charge in [-0.15, -0.1) is 0 Å². The fourth-order valence-electron chi connectivity index (χ4n) is 2.13. The minimum absolute atomic E-state index is 0.442. The van der Waals surface area contributed by atoms with Crippen LogP contribution in [0, 0.1) is 0 Å². The molecule has 0 spiro atoms. The Bertz CT molecular complexity index is 787. The molecule has 0 aliphatic carbocycles. The first-order chi connectivity index (χ1) is 9.71. The summed E-state index contributed by atoms with van der Waals surface area (Å²) in [6.45, 7) is 0.558. The Morgan fingerprint density at radius 2 is 2.05 bits per heavy atom. The average molecular weight is 269 g/mol. The number of nitrogens with zero attached hydrogens (tertiary/aromatic N) is 3. The summed E-state index contributed by atoms with van der Waals surface area (Å²) >= 11 is 0. The Morgan fingerprint density at radius 3 is 2.80 bits per heavy atom. The molecule has 0 fully saturated rings. The molecule has 3 N–H and O–H groups in total. The molecule has 0 amide bonds. The van der Waals surface area contributed by atoms with Gasteiger partial charge >= 0.3 is 0 Å². The van der Waals surface area contributed by atoms with E-state index in [9.17, 15) is 0 Å². The van der Waals surface area contributed by atoms with E-state index in [0.29, 0.717) is 23.8 Å². The third-order valence-corrected chi connectivity index (χ3v) is 3.10. The largest absolute Gasteiger partial charge is 0.497 e. The van der Waals surface area contributed by atoms with Crippen molar-refractivity contribution in [2.24, 2.45) is 0 Å². The molecule has 0 aliphatic rings. The summed E-state index contributed by atoms with van der Waals surface area (Å²) in [6.07, 6.45) is 0. The molecular formula is C14H15N5O. The predicted octanol–water partition coefficient (Wildman–Crippen LogP) is 1.49. The molecule has 20 heavy (non-hydrogen) atoms. The zero-order chi connectivity index (χ0) is 14.1. The smallest absolute Gasteiger partial charge is 0.165 e. The number of pyridine rings is 1. The van der Waals surface area contributed by atoms with Gasteiger partial charge in [-0.1, -0.05) is 0 Å². The molecule has 3 aromatic rings. The molecule has 2 aromatic heterocycles. The van der Waals surface area contributed by atoms with Gasteiger partial charge in [0.25, 0.3) is 0 Å². The molecular weight excluding hydrogens is 254 g/mol. The van der Waals surface area contributed by atoms with E-state index in [4.69, 9.17) is 10.5 Å². The Morgan fingerprint density at radius 1 is 1.20 bits per heavy atom. The number of hydrogen-bond donors (Lipinski definition) is 2. The van der Waals surface area contributed by atoms with E-state index in [1.165, 1.54) is 0 Å². The van der Waals surface area contributed by atoms with E-state index in [1.807, 2.05) is 31.3 Å². The zero-order valence-corrected chi connectivity index (χ0v) is 11.3. The van der Waals surface area contributed by atoms with Gasteiger partial charge < -0.3 is 15.8 Å². The van der Waals surface area contributed by atoms with Gasteiger partial charge in [0.2, 0.25) is 0 Å². The first-order valence-corrected chi connectivity index (χ1v) is 6.27. The van der Waals surface area contributed by atoms with Gasteiger partial charge in [-0.2, -0.15) is 0 Å². The van der Waals surface area contributed by atoms with Crippen molar-refractivity contribution in [3.8, 4) is 5.75 Å². The molecule has 1 aromatic carbocycles. The Hall–Kier alpha value is -2.47. The number of ether oxygens (including phenoxy) is 1. The molecule has 0 saturated carbocycles. The van der Waals surface area contributed by atoms with Crippen LogP contribution in [0.15, 0.2) is 24.3 Å². The fourth-order valence-corrected chi connectivity index (χ4v) is 2.13. The fraction of sp³-hybridized carbons (Fsp3) is 0.214. The topological polar surface area (TPSA) is 86.0 Å². The van der Waals surface area contributed by atoms with Gasteiger partial charge in [0.15, 0.2) is 5.65 Å². The summed E-state index contributed by atoms with van der Waals surface area (Å²) in [7, 11) is 3.47. The second-order valence-electron chi connectivity index (χ2n) is 4.47. The molecule has 3 rings (SSSR count). The van der Waals surface area contributed by atoms with Crippen LogP contribution in [0.5, 0.6) is 5.75 Å². The molecule has 0 bridgehead atoms. The van der Waals surface area contributed by atoms with Crippen molar-refractivity contribution in [1.29, 1.82) is 0 Å². The number of anilines is 1. The summed E-state index contributed by atoms with van der Waals surface area (Å²) in [4.78, 5) is 13.2. The predicted molar refractivity (Wildman–Crippen MR) is 78.6 cm³/mol. The highest BCUT2D eigenvalue weighted by Crippen LogP contribution is 2.25. The third-order valence-electron chi connectivity index (χ3n) is 3.10. The van der Waals surface area contributed by atoms with Crippen LogP contribution < -0.4 is 15.8 Å². The summed E-state index contributed by atoms with van der Waals surface area (Å²) in [5.41, 5.74) is 7.46. The Balaban J connectivity index is 2.26. The number of rotatable bonds is 3. The van der Waals surface area contributed by atoms with Crippen molar-refractivity contribution in [1.82, 2.24) is 20.3 Å². The maximum atomic E-state index is 6.00. The number of nitrogen functional groups attached to an aromatic ring is 1. The van der Waals surface area contributed by atoms with Gasteiger partial charge in [0.05, 0.1) is 24.6 Å². The molecule has 0 atom stereocenters. The average Bonchev–Trinajstić information content (AvgIpc) is 2.45. The molecule has 6 heteroatoms. The van der Waals surface area contributed by atoms with E-state index < -0.39 is 0 Å². The summed E-state index contributed by atoms with van der Waals surface area (Å²) in [5, 5.41) is 4.71. The standard InChI is InChI=1S/C14H15N5O/c1-16-7-12-18-13(15)10-6-8-5-9(20-2)3-4-11(8)17-14(10)19-12/h3-6,16H,7H2,1-2H3,(H2,15,17,18,19). The highest BCUT2D eigenvalue weighted by molar-refractivity contribution is 5.96. The number of fused-ring (bicyclic) bond motifs is 2. The number of benzene rings is 1. The number of nitrogens with two attached hydrogens (primary N) is 1. The highest BCUT2D eigenvalue weighted by Gasteiger charge is 2.08. The van der Waals surface area contributed by atoms with Gasteiger partial charge in [-0.05, 0) is 31.3 Å². The van der Waals surface area contributed by atoms with E-state index in [0.717, 1.165) is 22.0 Å². The third kappa shape index (κ3) is 2.10. The Kier molecular flexibility index (Phi) is 3.08. The number of aromatic nitrogens is 3. The van der Waals surface area contributed by atoms with Crippen LogP contribution in [0.2, 0.25) is 0 Å². The molecule has 6 nitrogen and oxygen atoms in total. The van der Waals surface area contributed by atoms with E-state index in [1.54, 1.807) is 7.11 Å². The Labute approximate surface area is 116 Å². The summed E-state index contributed by atoms with van der Waals surface area (Å²) < 4.78 is 5.22. The maximum absolute atomic E-state index is 6.00. The molecule has 0 radical (unpaired) electrons. The molecule has 2 heterocycles. The van der Waals surface area contributed by atoms with Crippen molar-refractivity contribution < 1.29 is 4.74 Å². The van der Waals surface area contributed by atoms with Crippen molar-refractivity contribution in [3.63, 3.8) is 0 Å². The minimum Gasteiger partial charge on any atom is -0.497 e. The van der Waals surface area contributed by atoms with Crippen molar-refractivity contribution in [3.05, 3.63) is 30.1 Å². The van der Waals surface area contributed by atoms with E-state index >= 15 is 0 Å². The van der Waals surface area contributed by atoms with Crippen molar-refractivity contribution in [2.75, 3.05) is 19.9 Å². The maximum Gasteiger partial charge on any atom is 0.165 e. The molecule has 0 saturated heterocycles.